The number of rotatable bonds is 4. The normalized spacial score (nSPS) is 10.6. The molecule has 0 spiro atoms. The van der Waals surface area contributed by atoms with Crippen molar-refractivity contribution in [2.45, 2.75) is 0 Å². The summed E-state index contributed by atoms with van der Waals surface area (Å²) in [7, 11) is 0. The predicted octanol–water partition coefficient (Wildman–Crippen LogP) is 3.93. The molecule has 5 heteroatoms. The Morgan fingerprint density at radius 1 is 0.773 bits per heavy atom. The standard InChI is InChI=1S/C17H13N4.Cu/c1-2-8-14(9-3-1)17(15-10-4-6-12-18-15)21-20-16-11-5-7-13-19-16;/h1-13H;/q-1;+2. The first-order valence-electron chi connectivity index (χ1n) is 6.60. The van der Waals surface area contributed by atoms with Crippen molar-refractivity contribution in [2.24, 2.45) is 5.10 Å². The van der Waals surface area contributed by atoms with Gasteiger partial charge >= 0.3 is 17.1 Å². The molecule has 0 atom stereocenters. The summed E-state index contributed by atoms with van der Waals surface area (Å²) in [6.07, 6.45) is 3.44. The molecule has 111 valence electrons. The second kappa shape index (κ2) is 8.07. The zero-order valence-corrected chi connectivity index (χ0v) is 12.5. The van der Waals surface area contributed by atoms with Gasteiger partial charge in [0.25, 0.3) is 0 Å². The van der Waals surface area contributed by atoms with E-state index in [4.69, 9.17) is 0 Å². The van der Waals surface area contributed by atoms with Gasteiger partial charge in [-0.2, -0.15) is 0 Å². The molecule has 2 heterocycles. The largest absolute Gasteiger partial charge is 2.00 e. The maximum atomic E-state index is 4.36. The minimum absolute atomic E-state index is 0. The van der Waals surface area contributed by atoms with Crippen molar-refractivity contribution in [3.63, 3.8) is 0 Å². The molecule has 0 aliphatic carbocycles. The van der Waals surface area contributed by atoms with Crippen molar-refractivity contribution in [1.82, 2.24) is 9.97 Å². The van der Waals surface area contributed by atoms with E-state index in [0.717, 1.165) is 17.0 Å². The van der Waals surface area contributed by atoms with E-state index in [1.54, 1.807) is 12.4 Å². The molecule has 0 saturated carbocycles. The van der Waals surface area contributed by atoms with Crippen LogP contribution in [0, 0.1) is 0 Å². The molecule has 0 N–H and O–H groups in total. The zero-order valence-electron chi connectivity index (χ0n) is 11.6. The van der Waals surface area contributed by atoms with Gasteiger partial charge in [0.15, 0.2) is 0 Å². The summed E-state index contributed by atoms with van der Waals surface area (Å²) >= 11 is 0. The van der Waals surface area contributed by atoms with Crippen molar-refractivity contribution < 1.29 is 17.1 Å². The predicted molar refractivity (Wildman–Crippen MR) is 83.6 cm³/mol. The van der Waals surface area contributed by atoms with Crippen LogP contribution in [-0.2, 0) is 17.1 Å². The van der Waals surface area contributed by atoms with Crippen molar-refractivity contribution >= 4 is 11.5 Å². The summed E-state index contributed by atoms with van der Waals surface area (Å²) in [5.74, 6) is 0.571. The quantitative estimate of drug-likeness (QED) is 0.412. The topological polar surface area (TPSA) is 52.2 Å². The van der Waals surface area contributed by atoms with Crippen molar-refractivity contribution in [2.75, 3.05) is 0 Å². The molecule has 0 aliphatic heterocycles. The summed E-state index contributed by atoms with van der Waals surface area (Å²) in [5, 5.41) is 4.35. The van der Waals surface area contributed by atoms with E-state index >= 15 is 0 Å². The van der Waals surface area contributed by atoms with Crippen molar-refractivity contribution in [1.29, 1.82) is 0 Å². The minimum Gasteiger partial charge on any atom is -0.442 e. The Kier molecular flexibility index (Phi) is 5.83. The van der Waals surface area contributed by atoms with Gasteiger partial charge in [-0.25, -0.2) is 0 Å². The fraction of sp³-hybridized carbons (Fsp3) is 0. The summed E-state index contributed by atoms with van der Waals surface area (Å²) in [5.41, 5.74) is 6.67. The number of hydrogen-bond acceptors (Lipinski definition) is 3. The second-order valence-electron chi connectivity index (χ2n) is 4.32. The van der Waals surface area contributed by atoms with E-state index in [1.165, 1.54) is 0 Å². The van der Waals surface area contributed by atoms with E-state index < -0.39 is 0 Å². The van der Waals surface area contributed by atoms with E-state index in [0.29, 0.717) is 5.82 Å². The van der Waals surface area contributed by atoms with Gasteiger partial charge in [0.2, 0.25) is 0 Å². The Balaban J connectivity index is 0.00000176. The molecule has 4 nitrogen and oxygen atoms in total. The van der Waals surface area contributed by atoms with E-state index in [2.05, 4.69) is 20.5 Å². The van der Waals surface area contributed by atoms with Crippen LogP contribution in [0.5, 0.6) is 0 Å². The molecule has 0 amide bonds. The summed E-state index contributed by atoms with van der Waals surface area (Å²) < 4.78 is 0. The number of nitrogens with zero attached hydrogens (tertiary/aromatic N) is 4. The summed E-state index contributed by atoms with van der Waals surface area (Å²) in [6, 6.07) is 21.1. The van der Waals surface area contributed by atoms with Crippen LogP contribution in [0.4, 0.5) is 5.82 Å². The first kappa shape index (κ1) is 15.9. The molecule has 0 fully saturated rings. The second-order valence-corrected chi connectivity index (χ2v) is 4.32. The number of benzene rings is 1. The molecule has 1 aromatic carbocycles. The molecule has 0 bridgehead atoms. The average molecular weight is 337 g/mol. The molecular weight excluding hydrogens is 324 g/mol. The van der Waals surface area contributed by atoms with Gasteiger partial charge in [-0.15, -0.1) is 0 Å². The van der Waals surface area contributed by atoms with Crippen LogP contribution in [0.1, 0.15) is 11.3 Å². The Hall–Kier alpha value is -2.49. The van der Waals surface area contributed by atoms with Gasteiger partial charge < -0.3 is 10.4 Å². The number of hydrogen-bond donors (Lipinski definition) is 0. The van der Waals surface area contributed by atoms with Crippen LogP contribution in [-0.4, -0.2) is 15.7 Å². The smallest absolute Gasteiger partial charge is 0.442 e. The van der Waals surface area contributed by atoms with Gasteiger partial charge in [-0.05, 0) is 18.0 Å². The minimum atomic E-state index is 0. The molecule has 22 heavy (non-hydrogen) atoms. The average Bonchev–Trinajstić information content (AvgIpc) is 2.58. The van der Waals surface area contributed by atoms with Crippen LogP contribution in [0.25, 0.3) is 5.43 Å². The fourth-order valence-corrected chi connectivity index (χ4v) is 1.87. The third kappa shape index (κ3) is 4.01. The number of pyridine rings is 2. The maximum Gasteiger partial charge on any atom is 2.00 e. The molecule has 0 unspecified atom stereocenters. The molecule has 0 saturated heterocycles. The summed E-state index contributed by atoms with van der Waals surface area (Å²) in [6.45, 7) is 0. The Bertz CT molecular complexity index is 674. The molecular formula is C17H13CuN4+. The van der Waals surface area contributed by atoms with Crippen LogP contribution in [0.2, 0.25) is 0 Å². The molecule has 3 aromatic rings. The first-order valence-corrected chi connectivity index (χ1v) is 6.60. The number of aromatic nitrogens is 2. The van der Waals surface area contributed by atoms with E-state index in [9.17, 15) is 0 Å². The molecule has 2 aromatic heterocycles. The van der Waals surface area contributed by atoms with Crippen LogP contribution in [0.3, 0.4) is 0 Å². The Labute approximate surface area is 139 Å². The van der Waals surface area contributed by atoms with E-state index in [-0.39, 0.29) is 17.1 Å². The van der Waals surface area contributed by atoms with Crippen molar-refractivity contribution in [3.8, 4) is 0 Å². The van der Waals surface area contributed by atoms with Gasteiger partial charge in [0.05, 0.1) is 11.4 Å². The van der Waals surface area contributed by atoms with Crippen LogP contribution in [0.15, 0.2) is 84.2 Å². The maximum absolute atomic E-state index is 4.36. The van der Waals surface area contributed by atoms with Crippen LogP contribution < -0.4 is 0 Å². The zero-order chi connectivity index (χ0) is 14.3. The van der Waals surface area contributed by atoms with E-state index in [1.807, 2.05) is 66.7 Å². The van der Waals surface area contributed by atoms with Gasteiger partial charge in [-0.1, -0.05) is 60.8 Å². The monoisotopic (exact) mass is 336 g/mol. The summed E-state index contributed by atoms with van der Waals surface area (Å²) in [4.78, 5) is 8.50. The Morgan fingerprint density at radius 3 is 2.09 bits per heavy atom. The fourth-order valence-electron chi connectivity index (χ4n) is 1.87. The molecule has 0 aliphatic rings. The van der Waals surface area contributed by atoms with Crippen LogP contribution >= 0.6 is 0 Å². The molecule has 1 radical (unpaired) electrons. The first-order chi connectivity index (χ1) is 10.4. The van der Waals surface area contributed by atoms with Gasteiger partial charge in [0.1, 0.15) is 0 Å². The molecule has 3 rings (SSSR count). The SMILES string of the molecule is [Cu+2].c1ccc(C(=N[N-]c2ccccn2)c2ccccn2)cc1. The van der Waals surface area contributed by atoms with Gasteiger partial charge in [-0.3, -0.25) is 10.1 Å². The Morgan fingerprint density at radius 2 is 1.45 bits per heavy atom. The third-order valence-corrected chi connectivity index (χ3v) is 2.86. The van der Waals surface area contributed by atoms with Gasteiger partial charge in [0, 0.05) is 11.8 Å². The third-order valence-electron chi connectivity index (χ3n) is 2.86. The van der Waals surface area contributed by atoms with Crippen molar-refractivity contribution in [3.05, 3.63) is 95.8 Å².